The molecule has 0 N–H and O–H groups in total. The van der Waals surface area contributed by atoms with Crippen LogP contribution in [0.2, 0.25) is 5.02 Å². The molecule has 0 spiro atoms. The maximum atomic E-state index is 13.3. The lowest BCUT2D eigenvalue weighted by molar-refractivity contribution is 0.171. The van der Waals surface area contributed by atoms with Crippen molar-refractivity contribution >= 4 is 21.6 Å². The quantitative estimate of drug-likeness (QED) is 0.782. The molecule has 0 aliphatic carbocycles. The number of hydrogen-bond donors (Lipinski definition) is 0. The van der Waals surface area contributed by atoms with Crippen molar-refractivity contribution in [2.45, 2.75) is 23.8 Å². The molecule has 0 bridgehead atoms. The monoisotopic (exact) mass is 404 g/mol. The second kappa shape index (κ2) is 7.04. The molecular formula is C19H17ClN2O4S. The van der Waals surface area contributed by atoms with Crippen molar-refractivity contribution < 1.29 is 17.9 Å². The summed E-state index contributed by atoms with van der Waals surface area (Å²) >= 11 is 6.00. The summed E-state index contributed by atoms with van der Waals surface area (Å²) in [6.45, 7) is 1.36. The van der Waals surface area contributed by atoms with Gasteiger partial charge in [-0.25, -0.2) is 8.42 Å². The molecule has 2 aliphatic heterocycles. The van der Waals surface area contributed by atoms with Crippen LogP contribution >= 0.6 is 11.6 Å². The van der Waals surface area contributed by atoms with E-state index in [4.69, 9.17) is 21.1 Å². The number of ether oxygens (including phenoxy) is 2. The highest BCUT2D eigenvalue weighted by Crippen LogP contribution is 2.41. The molecule has 0 aromatic heterocycles. The molecule has 0 radical (unpaired) electrons. The van der Waals surface area contributed by atoms with E-state index in [9.17, 15) is 13.7 Å². The lowest BCUT2D eigenvalue weighted by Gasteiger charge is -2.26. The second-order valence-corrected chi connectivity index (χ2v) is 8.72. The van der Waals surface area contributed by atoms with Crippen molar-refractivity contribution in [3.63, 3.8) is 0 Å². The molecule has 0 saturated carbocycles. The summed E-state index contributed by atoms with van der Waals surface area (Å²) < 4.78 is 39.2. The lowest BCUT2D eigenvalue weighted by atomic mass is 10.0. The predicted octanol–water partition coefficient (Wildman–Crippen LogP) is 3.51. The van der Waals surface area contributed by atoms with Crippen molar-refractivity contribution in [1.82, 2.24) is 4.31 Å². The molecule has 6 nitrogen and oxygen atoms in total. The SMILES string of the molecule is N#Cc1ccc(Cl)cc1S(=O)(=O)N1CCCC1c1ccc2c(c1)OCCO2. The fourth-order valence-electron chi connectivity index (χ4n) is 3.56. The predicted molar refractivity (Wildman–Crippen MR) is 99.5 cm³/mol. The van der Waals surface area contributed by atoms with E-state index in [-0.39, 0.29) is 21.5 Å². The number of rotatable bonds is 3. The minimum Gasteiger partial charge on any atom is -0.486 e. The number of nitrogens with zero attached hydrogens (tertiary/aromatic N) is 2. The number of hydrogen-bond acceptors (Lipinski definition) is 5. The van der Waals surface area contributed by atoms with Gasteiger partial charge in [0.2, 0.25) is 10.0 Å². The van der Waals surface area contributed by atoms with E-state index >= 15 is 0 Å². The van der Waals surface area contributed by atoms with Crippen molar-refractivity contribution in [2.24, 2.45) is 0 Å². The summed E-state index contributed by atoms with van der Waals surface area (Å²) in [6, 6.07) is 11.4. The van der Waals surface area contributed by atoms with Crippen LogP contribution in [-0.2, 0) is 10.0 Å². The van der Waals surface area contributed by atoms with E-state index < -0.39 is 10.0 Å². The van der Waals surface area contributed by atoms with Gasteiger partial charge in [-0.1, -0.05) is 17.7 Å². The van der Waals surface area contributed by atoms with Gasteiger partial charge in [0.15, 0.2) is 11.5 Å². The van der Waals surface area contributed by atoms with Gasteiger partial charge in [-0.2, -0.15) is 9.57 Å². The molecule has 0 amide bonds. The summed E-state index contributed by atoms with van der Waals surface area (Å²) in [5.41, 5.74) is 0.938. The van der Waals surface area contributed by atoms with Gasteiger partial charge in [0, 0.05) is 11.6 Å². The molecule has 1 saturated heterocycles. The molecule has 4 rings (SSSR count). The molecule has 1 unspecified atom stereocenters. The average Bonchev–Trinajstić information content (AvgIpc) is 3.18. The number of fused-ring (bicyclic) bond motifs is 1. The lowest BCUT2D eigenvalue weighted by Crippen LogP contribution is -2.31. The van der Waals surface area contributed by atoms with E-state index in [1.54, 1.807) is 0 Å². The minimum atomic E-state index is -3.87. The smallest absolute Gasteiger partial charge is 0.245 e. The van der Waals surface area contributed by atoms with Gasteiger partial charge < -0.3 is 9.47 Å². The molecule has 1 fully saturated rings. The molecule has 2 heterocycles. The first-order chi connectivity index (χ1) is 13.0. The van der Waals surface area contributed by atoms with Crippen molar-refractivity contribution in [3.8, 4) is 17.6 Å². The maximum absolute atomic E-state index is 13.3. The minimum absolute atomic E-state index is 0.0538. The zero-order chi connectivity index (χ0) is 19.0. The number of halogens is 1. The Balaban J connectivity index is 1.73. The fourth-order valence-corrected chi connectivity index (χ4v) is 5.64. The Labute approximate surface area is 162 Å². The first-order valence-electron chi connectivity index (χ1n) is 8.62. The van der Waals surface area contributed by atoms with Crippen LogP contribution in [0.5, 0.6) is 11.5 Å². The highest BCUT2D eigenvalue weighted by atomic mass is 35.5. The third kappa shape index (κ3) is 3.25. The Morgan fingerprint density at radius 3 is 2.67 bits per heavy atom. The van der Waals surface area contributed by atoms with Gasteiger partial charge >= 0.3 is 0 Å². The zero-order valence-electron chi connectivity index (χ0n) is 14.4. The third-order valence-corrected chi connectivity index (χ3v) is 6.99. The van der Waals surface area contributed by atoms with Crippen LogP contribution in [0.25, 0.3) is 0 Å². The summed E-state index contributed by atoms with van der Waals surface area (Å²) in [4.78, 5) is -0.0538. The average molecular weight is 405 g/mol. The van der Waals surface area contributed by atoms with Crippen LogP contribution in [0.3, 0.4) is 0 Å². The largest absolute Gasteiger partial charge is 0.486 e. The molecule has 27 heavy (non-hydrogen) atoms. The summed E-state index contributed by atoms with van der Waals surface area (Å²) in [7, 11) is -3.87. The van der Waals surface area contributed by atoms with Crippen LogP contribution < -0.4 is 9.47 Å². The fraction of sp³-hybridized carbons (Fsp3) is 0.316. The van der Waals surface area contributed by atoms with E-state index in [0.29, 0.717) is 37.7 Å². The molecule has 1 atom stereocenters. The summed E-state index contributed by atoms with van der Waals surface area (Å²) in [5, 5.41) is 9.60. The molecular weight excluding hydrogens is 388 g/mol. The highest BCUT2D eigenvalue weighted by Gasteiger charge is 2.38. The van der Waals surface area contributed by atoms with E-state index in [2.05, 4.69) is 0 Å². The van der Waals surface area contributed by atoms with Crippen LogP contribution in [0.15, 0.2) is 41.3 Å². The molecule has 2 aromatic carbocycles. The van der Waals surface area contributed by atoms with Crippen LogP contribution in [0.4, 0.5) is 0 Å². The number of benzene rings is 2. The maximum Gasteiger partial charge on any atom is 0.245 e. The molecule has 8 heteroatoms. The van der Waals surface area contributed by atoms with Crippen molar-refractivity contribution in [1.29, 1.82) is 5.26 Å². The number of nitriles is 1. The third-order valence-electron chi connectivity index (χ3n) is 4.81. The van der Waals surface area contributed by atoms with Crippen LogP contribution in [-0.4, -0.2) is 32.5 Å². The Morgan fingerprint density at radius 2 is 1.89 bits per heavy atom. The normalized spacial score (nSPS) is 19.6. The zero-order valence-corrected chi connectivity index (χ0v) is 16.0. The Bertz CT molecular complexity index is 1030. The first kappa shape index (κ1) is 18.1. The van der Waals surface area contributed by atoms with Crippen molar-refractivity contribution in [2.75, 3.05) is 19.8 Å². The van der Waals surface area contributed by atoms with Gasteiger partial charge in [0.1, 0.15) is 24.2 Å². The van der Waals surface area contributed by atoms with Gasteiger partial charge in [-0.15, -0.1) is 0 Å². The van der Waals surface area contributed by atoms with Crippen LogP contribution in [0.1, 0.15) is 30.0 Å². The number of sulfonamides is 1. The highest BCUT2D eigenvalue weighted by molar-refractivity contribution is 7.89. The molecule has 140 valence electrons. The standard InChI is InChI=1S/C19H17ClN2O4S/c20-15-5-3-14(12-21)19(11-15)27(23,24)22-7-1-2-16(22)13-4-6-17-18(10-13)26-9-8-25-17/h3-6,10-11,16H,1-2,7-9H2. The summed E-state index contributed by atoms with van der Waals surface area (Å²) in [5.74, 6) is 1.29. The van der Waals surface area contributed by atoms with Gasteiger partial charge in [0.05, 0.1) is 11.6 Å². The van der Waals surface area contributed by atoms with Gasteiger partial charge in [0.25, 0.3) is 0 Å². The van der Waals surface area contributed by atoms with E-state index in [0.717, 1.165) is 12.0 Å². The van der Waals surface area contributed by atoms with Gasteiger partial charge in [-0.05, 0) is 48.7 Å². The Morgan fingerprint density at radius 1 is 1.11 bits per heavy atom. The topological polar surface area (TPSA) is 79.6 Å². The van der Waals surface area contributed by atoms with Gasteiger partial charge in [-0.3, -0.25) is 0 Å². The van der Waals surface area contributed by atoms with Crippen molar-refractivity contribution in [3.05, 3.63) is 52.5 Å². The Kier molecular flexibility index (Phi) is 4.72. The first-order valence-corrected chi connectivity index (χ1v) is 10.4. The molecule has 2 aliphatic rings. The van der Waals surface area contributed by atoms with Crippen LogP contribution in [0, 0.1) is 11.3 Å². The second-order valence-electron chi connectivity index (χ2n) is 6.43. The molecule has 2 aromatic rings. The Hall–Kier alpha value is -2.27. The summed E-state index contributed by atoms with van der Waals surface area (Å²) in [6.07, 6.45) is 1.43. The van der Waals surface area contributed by atoms with E-state index in [1.165, 1.54) is 22.5 Å². The van der Waals surface area contributed by atoms with E-state index in [1.807, 2.05) is 24.3 Å².